The summed E-state index contributed by atoms with van der Waals surface area (Å²) in [5.74, 6) is 0. The Morgan fingerprint density at radius 2 is 2.00 bits per heavy atom. The minimum absolute atomic E-state index is 0.0475. The number of nitrogens with zero attached hydrogens (tertiary/aromatic N) is 4. The van der Waals surface area contributed by atoms with Gasteiger partial charge in [-0.05, 0) is 19.1 Å². The molecule has 25 heavy (non-hydrogen) atoms. The molecule has 0 atom stereocenters. The van der Waals surface area contributed by atoms with Crippen molar-refractivity contribution in [1.82, 2.24) is 19.6 Å². The number of carbonyl (C=O) groups excluding carboxylic acids is 1. The first kappa shape index (κ1) is 17.0. The minimum Gasteiger partial charge on any atom is -0.308 e. The van der Waals surface area contributed by atoms with Crippen LogP contribution >= 0.6 is 11.6 Å². The lowest BCUT2D eigenvalue weighted by Gasteiger charge is -2.11. The zero-order valence-electron chi connectivity index (χ0n) is 12.6. The van der Waals surface area contributed by atoms with Gasteiger partial charge in [0.25, 0.3) is 0 Å². The molecule has 2 amide bonds. The molecule has 3 rings (SSSR count). The number of carbonyl (C=O) groups is 1. The van der Waals surface area contributed by atoms with Gasteiger partial charge >= 0.3 is 12.2 Å². The van der Waals surface area contributed by atoms with E-state index in [1.807, 2.05) is 0 Å². The molecule has 3 heterocycles. The van der Waals surface area contributed by atoms with Crippen molar-refractivity contribution in [1.29, 1.82) is 0 Å². The van der Waals surface area contributed by atoms with Crippen LogP contribution in [-0.2, 0) is 6.18 Å². The smallest absolute Gasteiger partial charge is 0.308 e. The van der Waals surface area contributed by atoms with Crippen LogP contribution in [-0.4, -0.2) is 25.6 Å². The van der Waals surface area contributed by atoms with E-state index in [0.717, 1.165) is 12.3 Å². The predicted molar refractivity (Wildman–Crippen MR) is 84.6 cm³/mol. The first-order chi connectivity index (χ1) is 11.7. The van der Waals surface area contributed by atoms with Crippen molar-refractivity contribution in [3.63, 3.8) is 0 Å². The molecule has 2 N–H and O–H groups in total. The van der Waals surface area contributed by atoms with E-state index >= 15 is 0 Å². The Morgan fingerprint density at radius 1 is 1.24 bits per heavy atom. The number of hydrogen-bond acceptors (Lipinski definition) is 4. The van der Waals surface area contributed by atoms with Gasteiger partial charge in [-0.1, -0.05) is 11.6 Å². The fourth-order valence-corrected chi connectivity index (χ4v) is 2.26. The van der Waals surface area contributed by atoms with Crippen LogP contribution in [0.25, 0.3) is 5.65 Å². The van der Waals surface area contributed by atoms with E-state index in [4.69, 9.17) is 11.6 Å². The molecule has 0 aliphatic heterocycles. The van der Waals surface area contributed by atoms with Crippen LogP contribution in [0.3, 0.4) is 0 Å². The third-order valence-corrected chi connectivity index (χ3v) is 3.44. The molecule has 0 saturated heterocycles. The number of aryl methyl sites for hydroxylation is 1. The van der Waals surface area contributed by atoms with Crippen LogP contribution < -0.4 is 10.6 Å². The summed E-state index contributed by atoms with van der Waals surface area (Å²) in [6.45, 7) is 1.68. The third kappa shape index (κ3) is 3.63. The van der Waals surface area contributed by atoms with Gasteiger partial charge in [0.1, 0.15) is 5.69 Å². The van der Waals surface area contributed by atoms with Gasteiger partial charge in [-0.25, -0.2) is 14.3 Å². The zero-order chi connectivity index (χ0) is 18.2. The van der Waals surface area contributed by atoms with E-state index in [9.17, 15) is 18.0 Å². The van der Waals surface area contributed by atoms with Gasteiger partial charge in [0.15, 0.2) is 10.8 Å². The topological polar surface area (TPSA) is 84.2 Å². The summed E-state index contributed by atoms with van der Waals surface area (Å²) in [6.07, 6.45) is -2.24. The number of halogens is 4. The maximum atomic E-state index is 12.6. The molecule has 0 aromatic carbocycles. The second kappa shape index (κ2) is 6.20. The van der Waals surface area contributed by atoms with Gasteiger partial charge < -0.3 is 10.6 Å². The van der Waals surface area contributed by atoms with E-state index in [1.54, 1.807) is 13.0 Å². The monoisotopic (exact) mass is 370 g/mol. The van der Waals surface area contributed by atoms with E-state index in [1.165, 1.54) is 16.8 Å². The summed E-state index contributed by atoms with van der Waals surface area (Å²) in [5, 5.41) is 9.07. The first-order valence-electron chi connectivity index (χ1n) is 6.86. The van der Waals surface area contributed by atoms with Gasteiger partial charge in [-0.15, -0.1) is 0 Å². The summed E-state index contributed by atoms with van der Waals surface area (Å²) < 4.78 is 39.3. The Hall–Kier alpha value is -2.88. The van der Waals surface area contributed by atoms with Crippen molar-refractivity contribution in [2.45, 2.75) is 13.1 Å². The highest BCUT2D eigenvalue weighted by Crippen LogP contribution is 2.28. The highest BCUT2D eigenvalue weighted by Gasteiger charge is 2.32. The summed E-state index contributed by atoms with van der Waals surface area (Å²) in [4.78, 5) is 19.3. The van der Waals surface area contributed by atoms with Crippen LogP contribution in [0.1, 0.15) is 11.4 Å². The third-order valence-electron chi connectivity index (χ3n) is 3.25. The Bertz CT molecular complexity index is 955. The van der Waals surface area contributed by atoms with Crippen molar-refractivity contribution in [3.05, 3.63) is 47.1 Å². The van der Waals surface area contributed by atoms with Gasteiger partial charge in [0.05, 0.1) is 17.6 Å². The molecule has 0 unspecified atom stereocenters. The van der Waals surface area contributed by atoms with Gasteiger partial charge in [-0.3, -0.25) is 4.98 Å². The molecule has 0 aliphatic carbocycles. The number of anilines is 2. The second-order valence-corrected chi connectivity index (χ2v) is 5.39. The predicted octanol–water partition coefficient (Wildman–Crippen LogP) is 3.75. The standard InChI is InChI=1S/C14H10ClF3N6O/c1-7-9(6-20-12-5-11(15)23-24(7)12)22-13(25)21-8-2-3-19-10(4-8)14(16,17)18/h2-6H,1H3,(H2,19,21,22,25). The molecule has 7 nitrogen and oxygen atoms in total. The van der Waals surface area contributed by atoms with Gasteiger partial charge in [0, 0.05) is 18.0 Å². The van der Waals surface area contributed by atoms with Crippen LogP contribution in [0.15, 0.2) is 30.6 Å². The van der Waals surface area contributed by atoms with Gasteiger partial charge in [0.2, 0.25) is 0 Å². The maximum Gasteiger partial charge on any atom is 0.433 e. The average molecular weight is 371 g/mol. The number of rotatable bonds is 2. The molecule has 0 saturated carbocycles. The average Bonchev–Trinajstić information content (AvgIpc) is 2.91. The number of aromatic nitrogens is 4. The Labute approximate surface area is 143 Å². The molecular weight excluding hydrogens is 361 g/mol. The molecule has 0 aliphatic rings. The number of fused-ring (bicyclic) bond motifs is 1. The molecule has 0 radical (unpaired) electrons. The van der Waals surface area contributed by atoms with Crippen LogP contribution in [0.4, 0.5) is 29.3 Å². The molecule has 3 aromatic heterocycles. The number of nitrogens with one attached hydrogen (secondary N) is 2. The summed E-state index contributed by atoms with van der Waals surface area (Å²) in [5.41, 5.74) is 0.231. The molecule has 0 fully saturated rings. The Kier molecular flexibility index (Phi) is 4.21. The van der Waals surface area contributed by atoms with Crippen LogP contribution in [0, 0.1) is 6.92 Å². The quantitative estimate of drug-likeness (QED) is 0.719. The number of alkyl halides is 3. The first-order valence-corrected chi connectivity index (χ1v) is 7.24. The number of hydrogen-bond donors (Lipinski definition) is 2. The maximum absolute atomic E-state index is 12.6. The van der Waals surface area contributed by atoms with Crippen molar-refractivity contribution < 1.29 is 18.0 Å². The summed E-state index contributed by atoms with van der Waals surface area (Å²) in [6, 6.07) is 2.80. The lowest BCUT2D eigenvalue weighted by Crippen LogP contribution is -2.21. The number of pyridine rings is 1. The Balaban J connectivity index is 1.78. The lowest BCUT2D eigenvalue weighted by molar-refractivity contribution is -0.141. The highest BCUT2D eigenvalue weighted by molar-refractivity contribution is 6.29. The fraction of sp³-hybridized carbons (Fsp3) is 0.143. The SMILES string of the molecule is Cc1c(NC(=O)Nc2ccnc(C(F)(F)F)c2)cnc2cc(Cl)nn12. The second-order valence-electron chi connectivity index (χ2n) is 5.00. The molecule has 3 aromatic rings. The fourth-order valence-electron chi connectivity index (χ4n) is 2.09. The van der Waals surface area contributed by atoms with Crippen molar-refractivity contribution in [3.8, 4) is 0 Å². The van der Waals surface area contributed by atoms with E-state index < -0.39 is 17.9 Å². The van der Waals surface area contributed by atoms with E-state index in [-0.39, 0.29) is 10.8 Å². The molecule has 11 heteroatoms. The van der Waals surface area contributed by atoms with Crippen molar-refractivity contribution in [2.24, 2.45) is 0 Å². The highest BCUT2D eigenvalue weighted by atomic mass is 35.5. The Morgan fingerprint density at radius 3 is 2.72 bits per heavy atom. The minimum atomic E-state index is -4.60. The number of urea groups is 1. The summed E-state index contributed by atoms with van der Waals surface area (Å²) >= 11 is 5.80. The molecular formula is C14H10ClF3N6O. The van der Waals surface area contributed by atoms with Crippen molar-refractivity contribution in [2.75, 3.05) is 10.6 Å². The molecule has 0 spiro atoms. The van der Waals surface area contributed by atoms with Gasteiger partial charge in [-0.2, -0.15) is 18.3 Å². The molecule has 0 bridgehead atoms. The summed E-state index contributed by atoms with van der Waals surface area (Å²) in [7, 11) is 0. The largest absolute Gasteiger partial charge is 0.433 e. The van der Waals surface area contributed by atoms with E-state index in [0.29, 0.717) is 17.0 Å². The van der Waals surface area contributed by atoms with Crippen LogP contribution in [0.2, 0.25) is 5.15 Å². The number of amides is 2. The molecule has 130 valence electrons. The zero-order valence-corrected chi connectivity index (χ0v) is 13.4. The van der Waals surface area contributed by atoms with Crippen LogP contribution in [0.5, 0.6) is 0 Å². The lowest BCUT2D eigenvalue weighted by atomic mass is 10.3. The van der Waals surface area contributed by atoms with Crippen molar-refractivity contribution >= 4 is 34.7 Å². The normalized spacial score (nSPS) is 11.6. The van der Waals surface area contributed by atoms with E-state index in [2.05, 4.69) is 25.7 Å².